The Labute approximate surface area is 151 Å². The van der Waals surface area contributed by atoms with Gasteiger partial charge in [-0.25, -0.2) is 0 Å². The minimum Gasteiger partial charge on any atom is -0.264 e. The molecule has 0 aliphatic heterocycles. The highest BCUT2D eigenvalue weighted by Crippen LogP contribution is 2.41. The van der Waals surface area contributed by atoms with E-state index in [1.54, 1.807) is 23.1 Å². The predicted molar refractivity (Wildman–Crippen MR) is 93.8 cm³/mol. The number of hydrogen-bond donors (Lipinski definition) is 0. The van der Waals surface area contributed by atoms with Gasteiger partial charge in [0.2, 0.25) is 0 Å². The first kappa shape index (κ1) is 19.8. The Balaban J connectivity index is 2.51. The SMILES string of the molecule is CCn1ncc(Cl)c1-c1cnc(CC(C)(C)C(F)(F)F)cc1C(C)C. The van der Waals surface area contributed by atoms with Gasteiger partial charge in [0, 0.05) is 30.4 Å². The zero-order chi connectivity index (χ0) is 19.0. The van der Waals surface area contributed by atoms with Crippen molar-refractivity contribution in [3.63, 3.8) is 0 Å². The van der Waals surface area contributed by atoms with Crippen molar-refractivity contribution in [2.24, 2.45) is 5.41 Å². The Morgan fingerprint density at radius 1 is 1.20 bits per heavy atom. The van der Waals surface area contributed by atoms with Crippen LogP contribution in [0.25, 0.3) is 11.3 Å². The van der Waals surface area contributed by atoms with Gasteiger partial charge in [-0.15, -0.1) is 0 Å². The summed E-state index contributed by atoms with van der Waals surface area (Å²) in [4.78, 5) is 4.29. The molecular formula is C18H23ClF3N3. The summed E-state index contributed by atoms with van der Waals surface area (Å²) in [5.74, 6) is 0.113. The maximum Gasteiger partial charge on any atom is 0.394 e. The van der Waals surface area contributed by atoms with E-state index in [0.29, 0.717) is 17.3 Å². The van der Waals surface area contributed by atoms with Gasteiger partial charge in [-0.2, -0.15) is 18.3 Å². The maximum absolute atomic E-state index is 13.2. The first-order valence-electron chi connectivity index (χ1n) is 8.25. The average Bonchev–Trinajstić information content (AvgIpc) is 2.86. The molecule has 0 unspecified atom stereocenters. The summed E-state index contributed by atoms with van der Waals surface area (Å²) in [7, 11) is 0. The lowest BCUT2D eigenvalue weighted by molar-refractivity contribution is -0.211. The van der Waals surface area contributed by atoms with Crippen molar-refractivity contribution in [1.29, 1.82) is 0 Å². The largest absolute Gasteiger partial charge is 0.394 e. The summed E-state index contributed by atoms with van der Waals surface area (Å²) in [6.45, 7) is 8.98. The van der Waals surface area contributed by atoms with E-state index < -0.39 is 11.6 Å². The number of aromatic nitrogens is 3. The number of aryl methyl sites for hydroxylation is 1. The molecule has 2 aromatic heterocycles. The Kier molecular flexibility index (Phi) is 5.52. The molecule has 0 saturated heterocycles. The summed E-state index contributed by atoms with van der Waals surface area (Å²) < 4.78 is 41.3. The molecule has 0 spiro atoms. The molecule has 7 heteroatoms. The molecule has 0 amide bonds. The van der Waals surface area contributed by atoms with Gasteiger partial charge in [-0.05, 0) is 24.5 Å². The van der Waals surface area contributed by atoms with Gasteiger partial charge in [0.1, 0.15) is 0 Å². The standard InChI is InChI=1S/C18H23ClF3N3/c1-6-25-16(15(19)10-24-25)14-9-23-12(7-13(14)11(2)3)8-17(4,5)18(20,21)22/h7,9-11H,6,8H2,1-5H3. The zero-order valence-corrected chi connectivity index (χ0v) is 15.8. The van der Waals surface area contributed by atoms with E-state index in [2.05, 4.69) is 10.1 Å². The van der Waals surface area contributed by atoms with Crippen molar-refractivity contribution in [2.45, 2.75) is 59.7 Å². The number of hydrogen-bond acceptors (Lipinski definition) is 2. The van der Waals surface area contributed by atoms with Crippen LogP contribution in [0.15, 0.2) is 18.5 Å². The highest BCUT2D eigenvalue weighted by molar-refractivity contribution is 6.33. The lowest BCUT2D eigenvalue weighted by Crippen LogP contribution is -2.34. The molecule has 0 aliphatic rings. The summed E-state index contributed by atoms with van der Waals surface area (Å²) in [5.41, 5.74) is 1.07. The Morgan fingerprint density at radius 3 is 2.36 bits per heavy atom. The van der Waals surface area contributed by atoms with E-state index in [9.17, 15) is 13.2 Å². The third-order valence-electron chi connectivity index (χ3n) is 4.35. The first-order valence-corrected chi connectivity index (χ1v) is 8.63. The summed E-state index contributed by atoms with van der Waals surface area (Å²) in [5, 5.41) is 4.74. The van der Waals surface area contributed by atoms with Crippen LogP contribution >= 0.6 is 11.6 Å². The van der Waals surface area contributed by atoms with Gasteiger partial charge in [-0.3, -0.25) is 9.67 Å². The molecule has 0 bridgehead atoms. The monoisotopic (exact) mass is 373 g/mol. The fraction of sp³-hybridized carbons (Fsp3) is 0.556. The second-order valence-electron chi connectivity index (χ2n) is 7.13. The van der Waals surface area contributed by atoms with Gasteiger partial charge in [0.05, 0.1) is 22.3 Å². The van der Waals surface area contributed by atoms with Crippen LogP contribution in [0.4, 0.5) is 13.2 Å². The quantitative estimate of drug-likeness (QED) is 0.655. The highest BCUT2D eigenvalue weighted by atomic mass is 35.5. The molecule has 0 saturated carbocycles. The van der Waals surface area contributed by atoms with Gasteiger partial charge in [-0.1, -0.05) is 39.3 Å². The van der Waals surface area contributed by atoms with Crippen LogP contribution in [-0.4, -0.2) is 20.9 Å². The molecule has 0 atom stereocenters. The lowest BCUT2D eigenvalue weighted by Gasteiger charge is -2.27. The van der Waals surface area contributed by atoms with Crippen LogP contribution < -0.4 is 0 Å². The average molecular weight is 374 g/mol. The van der Waals surface area contributed by atoms with Gasteiger partial charge < -0.3 is 0 Å². The molecule has 0 radical (unpaired) electrons. The van der Waals surface area contributed by atoms with E-state index in [-0.39, 0.29) is 12.3 Å². The Morgan fingerprint density at radius 2 is 1.84 bits per heavy atom. The smallest absolute Gasteiger partial charge is 0.264 e. The van der Waals surface area contributed by atoms with Crippen molar-refractivity contribution in [1.82, 2.24) is 14.8 Å². The second-order valence-corrected chi connectivity index (χ2v) is 7.54. The second kappa shape index (κ2) is 6.98. The van der Waals surface area contributed by atoms with E-state index >= 15 is 0 Å². The molecule has 0 aliphatic carbocycles. The third kappa shape index (κ3) is 4.00. The van der Waals surface area contributed by atoms with Crippen LogP contribution in [0.2, 0.25) is 5.02 Å². The van der Waals surface area contributed by atoms with Crippen molar-refractivity contribution in [3.05, 3.63) is 34.7 Å². The van der Waals surface area contributed by atoms with Gasteiger partial charge >= 0.3 is 6.18 Å². The van der Waals surface area contributed by atoms with Crippen molar-refractivity contribution in [2.75, 3.05) is 0 Å². The molecule has 3 nitrogen and oxygen atoms in total. The van der Waals surface area contributed by atoms with Crippen LogP contribution in [0.5, 0.6) is 0 Å². The van der Waals surface area contributed by atoms with Crippen LogP contribution in [0.3, 0.4) is 0 Å². The molecule has 138 valence electrons. The number of rotatable bonds is 5. The molecule has 25 heavy (non-hydrogen) atoms. The molecule has 2 heterocycles. The molecule has 2 aromatic rings. The number of alkyl halides is 3. The molecule has 0 fully saturated rings. The van der Waals surface area contributed by atoms with Crippen LogP contribution in [-0.2, 0) is 13.0 Å². The maximum atomic E-state index is 13.2. The summed E-state index contributed by atoms with van der Waals surface area (Å²) in [6, 6.07) is 1.76. The van der Waals surface area contributed by atoms with E-state index in [0.717, 1.165) is 16.8 Å². The Bertz CT molecular complexity index is 749. The van der Waals surface area contributed by atoms with Crippen molar-refractivity contribution in [3.8, 4) is 11.3 Å². The number of nitrogens with zero attached hydrogens (tertiary/aromatic N) is 3. The minimum atomic E-state index is -4.28. The summed E-state index contributed by atoms with van der Waals surface area (Å²) >= 11 is 6.28. The molecule has 0 aromatic carbocycles. The minimum absolute atomic E-state index is 0.113. The molecule has 0 N–H and O–H groups in total. The van der Waals surface area contributed by atoms with Gasteiger partial charge in [0.25, 0.3) is 0 Å². The normalized spacial score (nSPS) is 12.9. The van der Waals surface area contributed by atoms with Crippen molar-refractivity contribution < 1.29 is 13.2 Å². The number of halogens is 4. The molecule has 2 rings (SSSR count). The lowest BCUT2D eigenvalue weighted by atomic mass is 9.85. The zero-order valence-electron chi connectivity index (χ0n) is 15.1. The highest BCUT2D eigenvalue weighted by Gasteiger charge is 2.47. The fourth-order valence-electron chi connectivity index (χ4n) is 2.71. The predicted octanol–water partition coefficient (Wildman–Crippen LogP) is 5.87. The van der Waals surface area contributed by atoms with Gasteiger partial charge in [0.15, 0.2) is 0 Å². The third-order valence-corrected chi connectivity index (χ3v) is 4.63. The van der Waals surface area contributed by atoms with Crippen molar-refractivity contribution >= 4 is 11.6 Å². The van der Waals surface area contributed by atoms with E-state index in [1.807, 2.05) is 20.8 Å². The van der Waals surface area contributed by atoms with Crippen LogP contribution in [0.1, 0.15) is 51.8 Å². The first-order chi connectivity index (χ1) is 11.5. The van der Waals surface area contributed by atoms with E-state index in [4.69, 9.17) is 11.6 Å². The van der Waals surface area contributed by atoms with E-state index in [1.165, 1.54) is 13.8 Å². The summed E-state index contributed by atoms with van der Waals surface area (Å²) in [6.07, 6.45) is -1.26. The number of pyridine rings is 1. The molecular weight excluding hydrogens is 351 g/mol. The van der Waals surface area contributed by atoms with Crippen LogP contribution in [0, 0.1) is 5.41 Å². The topological polar surface area (TPSA) is 30.7 Å². The Hall–Kier alpha value is -1.56. The fourth-order valence-corrected chi connectivity index (χ4v) is 2.95.